The van der Waals surface area contributed by atoms with Crippen molar-refractivity contribution in [2.45, 2.75) is 45.3 Å². The Morgan fingerprint density at radius 2 is 2.20 bits per heavy atom. The molecule has 1 unspecified atom stereocenters. The van der Waals surface area contributed by atoms with E-state index >= 15 is 0 Å². The molecule has 3 nitrogen and oxygen atoms in total. The number of likely N-dealkylation sites (tertiary alicyclic amines) is 1. The third kappa shape index (κ3) is 3.96. The fourth-order valence-corrected chi connectivity index (χ4v) is 3.55. The summed E-state index contributed by atoms with van der Waals surface area (Å²) in [5.41, 5.74) is 1.93. The molecule has 1 atom stereocenters. The van der Waals surface area contributed by atoms with E-state index in [1.807, 2.05) is 19.1 Å². The normalized spacial score (nSPS) is 20.1. The van der Waals surface area contributed by atoms with E-state index in [1.165, 1.54) is 25.8 Å². The summed E-state index contributed by atoms with van der Waals surface area (Å²) in [5.74, 6) is 0.842. The SMILES string of the molecule is Cc1cc(Br)cc(CO)c1OCCC1CCCCN1C. The van der Waals surface area contributed by atoms with Gasteiger partial charge >= 0.3 is 0 Å². The van der Waals surface area contributed by atoms with Crippen molar-refractivity contribution < 1.29 is 9.84 Å². The van der Waals surface area contributed by atoms with E-state index in [1.54, 1.807) is 0 Å². The van der Waals surface area contributed by atoms with Crippen LogP contribution in [0, 0.1) is 6.92 Å². The van der Waals surface area contributed by atoms with Gasteiger partial charge < -0.3 is 14.7 Å². The van der Waals surface area contributed by atoms with Crippen molar-refractivity contribution in [3.05, 3.63) is 27.7 Å². The summed E-state index contributed by atoms with van der Waals surface area (Å²) in [6, 6.07) is 4.59. The van der Waals surface area contributed by atoms with E-state index in [0.29, 0.717) is 12.6 Å². The molecule has 0 bridgehead atoms. The van der Waals surface area contributed by atoms with Crippen LogP contribution in [-0.4, -0.2) is 36.2 Å². The zero-order valence-electron chi connectivity index (χ0n) is 12.4. The lowest BCUT2D eigenvalue weighted by molar-refractivity contribution is 0.151. The number of benzene rings is 1. The van der Waals surface area contributed by atoms with Crippen molar-refractivity contribution in [1.29, 1.82) is 0 Å². The summed E-state index contributed by atoms with van der Waals surface area (Å²) in [5, 5.41) is 9.45. The van der Waals surface area contributed by atoms with E-state index in [9.17, 15) is 5.11 Å². The minimum Gasteiger partial charge on any atom is -0.493 e. The first-order valence-electron chi connectivity index (χ1n) is 7.34. The molecule has 4 heteroatoms. The van der Waals surface area contributed by atoms with Gasteiger partial charge in [0, 0.05) is 16.1 Å². The van der Waals surface area contributed by atoms with Gasteiger partial charge in [0.1, 0.15) is 5.75 Å². The molecule has 0 radical (unpaired) electrons. The van der Waals surface area contributed by atoms with Crippen molar-refractivity contribution in [2.75, 3.05) is 20.2 Å². The first kappa shape index (κ1) is 15.8. The Morgan fingerprint density at radius 3 is 2.90 bits per heavy atom. The van der Waals surface area contributed by atoms with Gasteiger partial charge in [-0.1, -0.05) is 22.4 Å². The lowest BCUT2D eigenvalue weighted by atomic mass is 10.0. The van der Waals surface area contributed by atoms with E-state index in [-0.39, 0.29) is 6.61 Å². The highest BCUT2D eigenvalue weighted by Gasteiger charge is 2.19. The van der Waals surface area contributed by atoms with Crippen LogP contribution < -0.4 is 4.74 Å². The quantitative estimate of drug-likeness (QED) is 0.889. The number of aryl methyl sites for hydroxylation is 1. The highest BCUT2D eigenvalue weighted by molar-refractivity contribution is 9.10. The van der Waals surface area contributed by atoms with Crippen LogP contribution in [0.2, 0.25) is 0 Å². The molecule has 1 heterocycles. The topological polar surface area (TPSA) is 32.7 Å². The largest absolute Gasteiger partial charge is 0.493 e. The summed E-state index contributed by atoms with van der Waals surface area (Å²) in [6.45, 7) is 3.94. The van der Waals surface area contributed by atoms with Crippen molar-refractivity contribution in [3.8, 4) is 5.75 Å². The van der Waals surface area contributed by atoms with Crippen molar-refractivity contribution >= 4 is 15.9 Å². The Labute approximate surface area is 130 Å². The van der Waals surface area contributed by atoms with Gasteiger partial charge in [0.2, 0.25) is 0 Å². The number of piperidine rings is 1. The molecular weight excluding hydrogens is 318 g/mol. The lowest BCUT2D eigenvalue weighted by Crippen LogP contribution is -2.37. The van der Waals surface area contributed by atoms with E-state index in [0.717, 1.165) is 27.8 Å². The molecular formula is C16H24BrNO2. The second-order valence-corrected chi connectivity index (χ2v) is 6.55. The fraction of sp³-hybridized carbons (Fsp3) is 0.625. The van der Waals surface area contributed by atoms with E-state index < -0.39 is 0 Å². The molecule has 1 N–H and O–H groups in total. The molecule has 0 amide bonds. The Kier molecular flexibility index (Phi) is 5.87. The Morgan fingerprint density at radius 1 is 1.40 bits per heavy atom. The summed E-state index contributed by atoms with van der Waals surface area (Å²) in [7, 11) is 2.20. The average molecular weight is 342 g/mol. The van der Waals surface area contributed by atoms with Crippen LogP contribution in [0.4, 0.5) is 0 Å². The first-order chi connectivity index (χ1) is 9.61. The van der Waals surface area contributed by atoms with Crippen LogP contribution in [0.25, 0.3) is 0 Å². The molecule has 1 aromatic carbocycles. The molecule has 0 saturated carbocycles. The second-order valence-electron chi connectivity index (χ2n) is 5.64. The highest BCUT2D eigenvalue weighted by atomic mass is 79.9. The van der Waals surface area contributed by atoms with E-state index in [4.69, 9.17) is 4.74 Å². The maximum atomic E-state index is 9.45. The zero-order valence-corrected chi connectivity index (χ0v) is 13.9. The number of halogens is 1. The average Bonchev–Trinajstić information content (AvgIpc) is 2.42. The van der Waals surface area contributed by atoms with Crippen LogP contribution in [0.15, 0.2) is 16.6 Å². The smallest absolute Gasteiger partial charge is 0.127 e. The monoisotopic (exact) mass is 341 g/mol. The van der Waals surface area contributed by atoms with Gasteiger partial charge in [0.05, 0.1) is 13.2 Å². The molecule has 0 aromatic heterocycles. The summed E-state index contributed by atoms with van der Waals surface area (Å²) >= 11 is 3.45. The van der Waals surface area contributed by atoms with E-state index in [2.05, 4.69) is 27.9 Å². The molecule has 2 rings (SSSR count). The molecule has 112 valence electrons. The lowest BCUT2D eigenvalue weighted by Gasteiger charge is -2.32. The molecule has 1 aromatic rings. The van der Waals surface area contributed by atoms with Gasteiger partial charge in [-0.15, -0.1) is 0 Å². The number of aliphatic hydroxyl groups excluding tert-OH is 1. The first-order valence-corrected chi connectivity index (χ1v) is 8.14. The van der Waals surface area contributed by atoms with Gasteiger partial charge in [-0.2, -0.15) is 0 Å². The van der Waals surface area contributed by atoms with Gasteiger partial charge in [-0.25, -0.2) is 0 Å². The Bertz CT molecular complexity index is 450. The standard InChI is InChI=1S/C16H24BrNO2/c1-12-9-14(17)10-13(11-19)16(12)20-8-6-15-5-3-4-7-18(15)2/h9-10,15,19H,3-8,11H2,1-2H3. The van der Waals surface area contributed by atoms with Crippen molar-refractivity contribution in [2.24, 2.45) is 0 Å². The van der Waals surface area contributed by atoms with Crippen LogP contribution >= 0.6 is 15.9 Å². The van der Waals surface area contributed by atoms with Crippen LogP contribution in [0.1, 0.15) is 36.8 Å². The number of rotatable bonds is 5. The Balaban J connectivity index is 1.93. The van der Waals surface area contributed by atoms with Gasteiger partial charge in [-0.3, -0.25) is 0 Å². The van der Waals surface area contributed by atoms with Crippen molar-refractivity contribution in [1.82, 2.24) is 4.90 Å². The molecule has 1 aliphatic rings. The van der Waals surface area contributed by atoms with Crippen LogP contribution in [0.5, 0.6) is 5.75 Å². The third-order valence-electron chi connectivity index (χ3n) is 4.11. The summed E-state index contributed by atoms with van der Waals surface area (Å²) in [4.78, 5) is 2.44. The number of aliphatic hydroxyl groups is 1. The molecule has 0 spiro atoms. The van der Waals surface area contributed by atoms with Gasteiger partial charge in [0.25, 0.3) is 0 Å². The number of ether oxygens (including phenoxy) is 1. The Hall–Kier alpha value is -0.580. The summed E-state index contributed by atoms with van der Waals surface area (Å²) in [6.07, 6.45) is 4.96. The zero-order chi connectivity index (χ0) is 14.5. The maximum Gasteiger partial charge on any atom is 0.127 e. The molecule has 1 aliphatic heterocycles. The van der Waals surface area contributed by atoms with Crippen LogP contribution in [0.3, 0.4) is 0 Å². The number of hydrogen-bond acceptors (Lipinski definition) is 3. The second kappa shape index (κ2) is 7.43. The minimum atomic E-state index is 0.0128. The fourth-order valence-electron chi connectivity index (χ4n) is 2.93. The van der Waals surface area contributed by atoms with Crippen molar-refractivity contribution in [3.63, 3.8) is 0 Å². The van der Waals surface area contributed by atoms with Gasteiger partial charge in [0.15, 0.2) is 0 Å². The van der Waals surface area contributed by atoms with Crippen LogP contribution in [-0.2, 0) is 6.61 Å². The highest BCUT2D eigenvalue weighted by Crippen LogP contribution is 2.28. The third-order valence-corrected chi connectivity index (χ3v) is 4.56. The maximum absolute atomic E-state index is 9.45. The predicted octanol–water partition coefficient (Wildman–Crippen LogP) is 3.50. The molecule has 1 saturated heterocycles. The molecule has 0 aliphatic carbocycles. The minimum absolute atomic E-state index is 0.0128. The van der Waals surface area contributed by atoms with Gasteiger partial charge in [-0.05, 0) is 57.5 Å². The number of nitrogens with zero attached hydrogens (tertiary/aromatic N) is 1. The predicted molar refractivity (Wildman–Crippen MR) is 85.2 cm³/mol. The summed E-state index contributed by atoms with van der Waals surface area (Å²) < 4.78 is 6.94. The molecule has 1 fully saturated rings. The molecule has 20 heavy (non-hydrogen) atoms. The number of hydrogen-bond donors (Lipinski definition) is 1.